The molecule has 0 saturated carbocycles. The number of benzene rings is 1. The molecule has 1 aromatic heterocycles. The lowest BCUT2D eigenvalue weighted by molar-refractivity contribution is 1.14. The molecule has 0 unspecified atom stereocenters. The van der Waals surface area contributed by atoms with E-state index in [9.17, 15) is 0 Å². The zero-order valence-corrected chi connectivity index (χ0v) is 9.46. The predicted octanol–water partition coefficient (Wildman–Crippen LogP) is 3.56. The summed E-state index contributed by atoms with van der Waals surface area (Å²) in [6, 6.07) is 7.56. The van der Waals surface area contributed by atoms with Crippen molar-refractivity contribution in [2.24, 2.45) is 0 Å². The van der Waals surface area contributed by atoms with Crippen molar-refractivity contribution < 1.29 is 0 Å². The number of halogens is 2. The van der Waals surface area contributed by atoms with Gasteiger partial charge in [0.15, 0.2) is 0 Å². The number of aromatic nitrogens is 2. The summed E-state index contributed by atoms with van der Waals surface area (Å²) >= 11 is 9.16. The molecule has 1 heterocycles. The Labute approximate surface area is 95.1 Å². The highest BCUT2D eigenvalue weighted by molar-refractivity contribution is 9.10. The van der Waals surface area contributed by atoms with Crippen molar-refractivity contribution in [3.05, 3.63) is 46.4 Å². The zero-order chi connectivity index (χ0) is 9.97. The highest BCUT2D eigenvalue weighted by atomic mass is 79.9. The molecular formula is C10H6BrClN2. The van der Waals surface area contributed by atoms with E-state index in [2.05, 4.69) is 25.9 Å². The second-order valence-corrected chi connectivity index (χ2v) is 3.92. The minimum atomic E-state index is 0.724. The fourth-order valence-corrected chi connectivity index (χ4v) is 1.69. The van der Waals surface area contributed by atoms with Gasteiger partial charge in [0.2, 0.25) is 0 Å². The van der Waals surface area contributed by atoms with Gasteiger partial charge in [0.1, 0.15) is 10.9 Å². The van der Waals surface area contributed by atoms with Gasteiger partial charge in [-0.25, -0.2) is 9.97 Å². The molecule has 0 aliphatic heterocycles. The molecule has 0 spiro atoms. The van der Waals surface area contributed by atoms with Gasteiger partial charge in [-0.2, -0.15) is 0 Å². The van der Waals surface area contributed by atoms with Crippen molar-refractivity contribution in [2.45, 2.75) is 0 Å². The van der Waals surface area contributed by atoms with Crippen LogP contribution in [0.25, 0.3) is 11.1 Å². The Balaban J connectivity index is 2.50. The molecule has 0 aliphatic carbocycles. The number of nitrogens with zero attached hydrogens (tertiary/aromatic N) is 2. The van der Waals surface area contributed by atoms with E-state index in [-0.39, 0.29) is 0 Å². The maximum Gasteiger partial charge on any atom is 0.117 e. The summed E-state index contributed by atoms with van der Waals surface area (Å²) in [4.78, 5) is 8.02. The summed E-state index contributed by atoms with van der Waals surface area (Å²) < 4.78 is 0.787. The Kier molecular flexibility index (Phi) is 2.79. The first kappa shape index (κ1) is 9.62. The molecule has 0 fully saturated rings. The molecule has 0 aliphatic rings. The summed E-state index contributed by atoms with van der Waals surface area (Å²) in [5, 5.41) is 0.724. The first-order valence-corrected chi connectivity index (χ1v) is 5.16. The highest BCUT2D eigenvalue weighted by Crippen LogP contribution is 2.26. The van der Waals surface area contributed by atoms with Crippen LogP contribution in [-0.2, 0) is 0 Å². The van der Waals surface area contributed by atoms with Crippen LogP contribution >= 0.6 is 27.5 Å². The Hall–Kier alpha value is -0.930. The van der Waals surface area contributed by atoms with E-state index in [1.165, 1.54) is 6.33 Å². The molecule has 4 heteroatoms. The lowest BCUT2D eigenvalue weighted by Crippen LogP contribution is -1.84. The van der Waals surface area contributed by atoms with Crippen molar-refractivity contribution >= 4 is 27.5 Å². The van der Waals surface area contributed by atoms with Crippen molar-refractivity contribution in [3.8, 4) is 11.1 Å². The number of rotatable bonds is 1. The molecule has 2 aromatic rings. The van der Waals surface area contributed by atoms with Crippen LogP contribution in [0.4, 0.5) is 0 Å². The molecule has 1 aromatic carbocycles. The molecule has 14 heavy (non-hydrogen) atoms. The van der Waals surface area contributed by atoms with E-state index < -0.39 is 0 Å². The summed E-state index contributed by atoms with van der Waals surface area (Å²) in [5.74, 6) is 0. The van der Waals surface area contributed by atoms with E-state index in [1.807, 2.05) is 24.3 Å². The van der Waals surface area contributed by atoms with Gasteiger partial charge in [-0.3, -0.25) is 0 Å². The highest BCUT2D eigenvalue weighted by Gasteiger charge is 2.02. The third-order valence-electron chi connectivity index (χ3n) is 1.82. The molecule has 0 amide bonds. The fourth-order valence-electron chi connectivity index (χ4n) is 1.14. The van der Waals surface area contributed by atoms with Gasteiger partial charge in [-0.05, 0) is 33.6 Å². The van der Waals surface area contributed by atoms with Crippen LogP contribution in [-0.4, -0.2) is 9.97 Å². The molecule has 0 atom stereocenters. The molecule has 70 valence electrons. The minimum absolute atomic E-state index is 0.724. The lowest BCUT2D eigenvalue weighted by atomic mass is 10.1. The second-order valence-electron chi connectivity index (χ2n) is 2.73. The lowest BCUT2D eigenvalue weighted by Gasteiger charge is -2.02. The fraction of sp³-hybridized carbons (Fsp3) is 0. The largest absolute Gasteiger partial charge is 0.244 e. The van der Waals surface area contributed by atoms with Gasteiger partial charge in [0.05, 0.1) is 0 Å². The average molecular weight is 270 g/mol. The minimum Gasteiger partial charge on any atom is -0.244 e. The first-order chi connectivity index (χ1) is 6.77. The number of hydrogen-bond acceptors (Lipinski definition) is 2. The quantitative estimate of drug-likeness (QED) is 0.740. The van der Waals surface area contributed by atoms with Crippen LogP contribution in [0.15, 0.2) is 41.4 Å². The summed E-state index contributed by atoms with van der Waals surface area (Å²) in [7, 11) is 0. The van der Waals surface area contributed by atoms with Crippen LogP contribution in [0.2, 0.25) is 5.02 Å². The molecule has 2 rings (SSSR count). The molecule has 0 bridgehead atoms. The van der Waals surface area contributed by atoms with Gasteiger partial charge in [-0.15, -0.1) is 0 Å². The third kappa shape index (κ3) is 1.94. The van der Waals surface area contributed by atoms with Crippen LogP contribution < -0.4 is 0 Å². The molecule has 0 saturated heterocycles. The van der Waals surface area contributed by atoms with Crippen molar-refractivity contribution in [1.29, 1.82) is 0 Å². The normalized spacial score (nSPS) is 10.1. The van der Waals surface area contributed by atoms with Crippen LogP contribution in [0.1, 0.15) is 0 Å². The van der Waals surface area contributed by atoms with E-state index in [1.54, 1.807) is 6.20 Å². The molecule has 0 radical (unpaired) electrons. The van der Waals surface area contributed by atoms with Crippen molar-refractivity contribution in [3.63, 3.8) is 0 Å². The van der Waals surface area contributed by atoms with E-state index in [0.717, 1.165) is 20.8 Å². The van der Waals surface area contributed by atoms with Crippen molar-refractivity contribution in [2.75, 3.05) is 0 Å². The van der Waals surface area contributed by atoms with Gasteiger partial charge in [0, 0.05) is 16.8 Å². The van der Waals surface area contributed by atoms with E-state index in [0.29, 0.717) is 0 Å². The Bertz CT molecular complexity index is 442. The van der Waals surface area contributed by atoms with E-state index in [4.69, 9.17) is 11.6 Å². The zero-order valence-electron chi connectivity index (χ0n) is 7.11. The molecule has 2 nitrogen and oxygen atoms in total. The number of hydrogen-bond donors (Lipinski definition) is 0. The molecule has 0 N–H and O–H groups in total. The summed E-state index contributed by atoms with van der Waals surface area (Å²) in [6.45, 7) is 0. The summed E-state index contributed by atoms with van der Waals surface area (Å²) in [5.41, 5.74) is 2.01. The third-order valence-corrected chi connectivity index (χ3v) is 2.70. The Morgan fingerprint density at radius 1 is 1.14 bits per heavy atom. The average Bonchev–Trinajstić information content (AvgIpc) is 2.20. The second kappa shape index (κ2) is 4.07. The Morgan fingerprint density at radius 3 is 2.50 bits per heavy atom. The van der Waals surface area contributed by atoms with Crippen LogP contribution in [0.5, 0.6) is 0 Å². The van der Waals surface area contributed by atoms with Gasteiger partial charge in [-0.1, -0.05) is 23.7 Å². The van der Waals surface area contributed by atoms with Gasteiger partial charge < -0.3 is 0 Å². The Morgan fingerprint density at radius 2 is 1.86 bits per heavy atom. The maximum absolute atomic E-state index is 5.80. The first-order valence-electron chi connectivity index (χ1n) is 3.99. The SMILES string of the molecule is Clc1ccc(-c2cncnc2Br)cc1. The monoisotopic (exact) mass is 268 g/mol. The predicted molar refractivity (Wildman–Crippen MR) is 60.2 cm³/mol. The standard InChI is InChI=1S/C10H6BrClN2/c11-10-9(5-13-6-14-10)7-1-3-8(12)4-2-7/h1-6H. The van der Waals surface area contributed by atoms with Crippen LogP contribution in [0, 0.1) is 0 Å². The molecular weight excluding hydrogens is 263 g/mol. The van der Waals surface area contributed by atoms with Gasteiger partial charge in [0.25, 0.3) is 0 Å². The maximum atomic E-state index is 5.80. The summed E-state index contributed by atoms with van der Waals surface area (Å²) in [6.07, 6.45) is 3.27. The van der Waals surface area contributed by atoms with Crippen molar-refractivity contribution in [1.82, 2.24) is 9.97 Å². The van der Waals surface area contributed by atoms with Crippen LogP contribution in [0.3, 0.4) is 0 Å². The van der Waals surface area contributed by atoms with E-state index >= 15 is 0 Å². The topological polar surface area (TPSA) is 25.8 Å². The smallest absolute Gasteiger partial charge is 0.117 e. The van der Waals surface area contributed by atoms with Gasteiger partial charge >= 0.3 is 0 Å².